The van der Waals surface area contributed by atoms with Gasteiger partial charge >= 0.3 is 22.1 Å². The van der Waals surface area contributed by atoms with Crippen LogP contribution in [0.5, 0.6) is 0 Å². The van der Waals surface area contributed by atoms with Crippen LogP contribution in [0.3, 0.4) is 0 Å². The fourth-order valence-corrected chi connectivity index (χ4v) is 6.09. The predicted octanol–water partition coefficient (Wildman–Crippen LogP) is 6.93. The summed E-state index contributed by atoms with van der Waals surface area (Å²) in [6.45, 7) is 0. The molecular formula is C15H30B2F8O3P2-2. The average Bonchev–Trinajstić information content (AvgIpc) is 2.58. The second-order valence-corrected chi connectivity index (χ2v) is 10.8. The van der Waals surface area contributed by atoms with Gasteiger partial charge in [-0.1, -0.05) is 38.5 Å². The van der Waals surface area contributed by atoms with Crippen molar-refractivity contribution < 1.29 is 48.9 Å². The molecule has 2 saturated carbocycles. The summed E-state index contributed by atoms with van der Waals surface area (Å²) < 4.78 is 89.3. The Balaban J connectivity index is 0.000000702. The van der Waals surface area contributed by atoms with Crippen LogP contribution < -0.4 is 0 Å². The quantitative estimate of drug-likeness (QED) is 0.248. The second-order valence-electron chi connectivity index (χ2n) is 7.91. The van der Waals surface area contributed by atoms with E-state index in [-0.39, 0.29) is 11.3 Å². The fourth-order valence-electron chi connectivity index (χ4n) is 4.36. The van der Waals surface area contributed by atoms with E-state index in [1.807, 2.05) is 0 Å². The van der Waals surface area contributed by atoms with Crippen molar-refractivity contribution in [1.29, 1.82) is 0 Å². The van der Waals surface area contributed by atoms with Crippen molar-refractivity contribution in [2.24, 2.45) is 11.8 Å². The summed E-state index contributed by atoms with van der Waals surface area (Å²) in [5.41, 5.74) is 0. The van der Waals surface area contributed by atoms with E-state index in [2.05, 4.69) is 9.24 Å². The van der Waals surface area contributed by atoms with Crippen molar-refractivity contribution in [2.75, 3.05) is 6.16 Å². The standard InChI is InChI=1S/C15H30O3P2.2BF4/c16-20(17,18)12-11-15(19,13-7-3-1-4-8-13)14-9-5-2-6-10-14;2*2-1(3,4)5/h13-14H,1-12,19H2,(H2,16,17,18);;/q;2*-1. The van der Waals surface area contributed by atoms with Gasteiger partial charge in [-0.3, -0.25) is 4.57 Å². The van der Waals surface area contributed by atoms with Crippen molar-refractivity contribution in [3.8, 4) is 0 Å². The zero-order chi connectivity index (χ0) is 23.6. The molecule has 3 nitrogen and oxygen atoms in total. The lowest BCUT2D eigenvalue weighted by Crippen LogP contribution is -2.42. The lowest BCUT2D eigenvalue weighted by molar-refractivity contribution is 0.169. The van der Waals surface area contributed by atoms with Gasteiger partial charge in [0.15, 0.2) is 0 Å². The number of rotatable bonds is 5. The molecule has 2 N–H and O–H groups in total. The molecule has 0 bridgehead atoms. The molecule has 0 spiro atoms. The van der Waals surface area contributed by atoms with E-state index in [9.17, 15) is 48.9 Å². The Morgan fingerprint density at radius 1 is 0.733 bits per heavy atom. The van der Waals surface area contributed by atoms with Crippen molar-refractivity contribution in [1.82, 2.24) is 0 Å². The summed E-state index contributed by atoms with van der Waals surface area (Å²) in [5, 5.41) is 0.0714. The minimum absolute atomic E-state index is 0.0590. The molecule has 1 unspecified atom stereocenters. The van der Waals surface area contributed by atoms with E-state index in [4.69, 9.17) is 0 Å². The molecule has 0 saturated heterocycles. The summed E-state index contributed by atoms with van der Waals surface area (Å²) in [6.07, 6.45) is 13.6. The van der Waals surface area contributed by atoms with Crippen LogP contribution in [-0.4, -0.2) is 35.6 Å². The number of halogens is 8. The lowest BCUT2D eigenvalue weighted by atomic mass is 9.68. The Hall–Kier alpha value is 0.150. The molecule has 2 fully saturated rings. The minimum Gasteiger partial charge on any atom is -0.418 e. The lowest BCUT2D eigenvalue weighted by Gasteiger charge is -2.47. The van der Waals surface area contributed by atoms with Crippen LogP contribution in [0.15, 0.2) is 0 Å². The minimum atomic E-state index is -6.00. The largest absolute Gasteiger partial charge is 0.673 e. The molecule has 30 heavy (non-hydrogen) atoms. The van der Waals surface area contributed by atoms with Crippen molar-refractivity contribution >= 4 is 31.3 Å². The molecule has 0 aromatic rings. The van der Waals surface area contributed by atoms with Crippen molar-refractivity contribution in [2.45, 2.75) is 75.8 Å². The zero-order valence-corrected chi connectivity index (χ0v) is 18.7. The van der Waals surface area contributed by atoms with Gasteiger partial charge in [-0.05, 0) is 49.1 Å². The Morgan fingerprint density at radius 3 is 1.23 bits per heavy atom. The Bertz CT molecular complexity index is 477. The van der Waals surface area contributed by atoms with Gasteiger partial charge in [-0.25, -0.2) is 0 Å². The highest BCUT2D eigenvalue weighted by molar-refractivity contribution is 7.51. The van der Waals surface area contributed by atoms with E-state index in [1.165, 1.54) is 64.2 Å². The SMILES string of the molecule is F[B-](F)(F)F.F[B-](F)(F)F.O=P(O)(O)CCC(P)(C1CCCCC1)C1CCCCC1. The maximum atomic E-state index is 11.3. The van der Waals surface area contributed by atoms with Crippen molar-refractivity contribution in [3.05, 3.63) is 0 Å². The molecule has 2 aliphatic carbocycles. The molecule has 0 radical (unpaired) electrons. The molecule has 182 valence electrons. The maximum absolute atomic E-state index is 11.3. The topological polar surface area (TPSA) is 57.5 Å². The van der Waals surface area contributed by atoms with E-state index >= 15 is 0 Å². The Kier molecular flexibility index (Phi) is 13.1. The summed E-state index contributed by atoms with van der Waals surface area (Å²) in [7, 11) is -12.8. The molecule has 0 amide bonds. The first kappa shape index (κ1) is 30.1. The average molecular weight is 494 g/mol. The third-order valence-electron chi connectivity index (χ3n) is 5.57. The van der Waals surface area contributed by atoms with Crippen LogP contribution in [0.4, 0.5) is 34.5 Å². The smallest absolute Gasteiger partial charge is 0.418 e. The molecule has 2 rings (SSSR count). The molecule has 2 aliphatic rings. The van der Waals surface area contributed by atoms with Gasteiger partial charge in [-0.15, -0.1) is 9.24 Å². The maximum Gasteiger partial charge on any atom is 0.673 e. The Morgan fingerprint density at radius 2 is 1.00 bits per heavy atom. The molecule has 0 aromatic heterocycles. The zero-order valence-electron chi connectivity index (χ0n) is 16.6. The molecule has 0 aliphatic heterocycles. The molecule has 0 aromatic carbocycles. The van der Waals surface area contributed by atoms with Gasteiger partial charge in [-0.2, -0.15) is 0 Å². The number of hydrogen-bond acceptors (Lipinski definition) is 1. The third kappa shape index (κ3) is 16.8. The monoisotopic (exact) mass is 494 g/mol. The van der Waals surface area contributed by atoms with Crippen LogP contribution in [0.25, 0.3) is 0 Å². The van der Waals surface area contributed by atoms with Gasteiger partial charge in [0.1, 0.15) is 0 Å². The third-order valence-corrected chi connectivity index (χ3v) is 7.60. The summed E-state index contributed by atoms with van der Waals surface area (Å²) >= 11 is 0. The first-order valence-corrected chi connectivity index (χ1v) is 12.4. The van der Waals surface area contributed by atoms with Gasteiger partial charge in [0.2, 0.25) is 0 Å². The van der Waals surface area contributed by atoms with Gasteiger partial charge < -0.3 is 44.3 Å². The van der Waals surface area contributed by atoms with Crippen LogP contribution in [0, 0.1) is 11.8 Å². The first-order valence-electron chi connectivity index (χ1n) is 10.00. The normalized spacial score (nSPS) is 20.0. The highest BCUT2D eigenvalue weighted by atomic mass is 31.2. The van der Waals surface area contributed by atoms with Crippen LogP contribution >= 0.6 is 16.8 Å². The highest BCUT2D eigenvalue weighted by Crippen LogP contribution is 2.52. The second kappa shape index (κ2) is 13.0. The first-order chi connectivity index (χ1) is 13.4. The van der Waals surface area contributed by atoms with E-state index < -0.39 is 22.1 Å². The van der Waals surface area contributed by atoms with Crippen LogP contribution in [0.2, 0.25) is 0 Å². The fraction of sp³-hybridized carbons (Fsp3) is 1.00. The van der Waals surface area contributed by atoms with Crippen LogP contribution in [0.1, 0.15) is 70.6 Å². The van der Waals surface area contributed by atoms with Gasteiger partial charge in [0.25, 0.3) is 0 Å². The Labute approximate surface area is 174 Å². The van der Waals surface area contributed by atoms with E-state index in [0.717, 1.165) is 0 Å². The molecule has 15 heteroatoms. The number of hydrogen-bond donors (Lipinski definition) is 2. The molecule has 0 heterocycles. The summed E-state index contributed by atoms with van der Waals surface area (Å²) in [5.74, 6) is 1.30. The van der Waals surface area contributed by atoms with Crippen molar-refractivity contribution in [3.63, 3.8) is 0 Å². The molecule has 1 atom stereocenters. The van der Waals surface area contributed by atoms with Gasteiger partial charge in [0.05, 0.1) is 6.16 Å². The van der Waals surface area contributed by atoms with Crippen LogP contribution in [-0.2, 0) is 4.57 Å². The summed E-state index contributed by atoms with van der Waals surface area (Å²) in [4.78, 5) is 18.6. The summed E-state index contributed by atoms with van der Waals surface area (Å²) in [6, 6.07) is 0. The molecular weight excluding hydrogens is 464 g/mol. The predicted molar refractivity (Wildman–Crippen MR) is 107 cm³/mol. The van der Waals surface area contributed by atoms with Gasteiger partial charge in [0, 0.05) is 0 Å². The van der Waals surface area contributed by atoms with E-state index in [1.54, 1.807) is 0 Å². The van der Waals surface area contributed by atoms with E-state index in [0.29, 0.717) is 18.3 Å². The highest BCUT2D eigenvalue weighted by Gasteiger charge is 2.42.